The highest BCUT2D eigenvalue weighted by molar-refractivity contribution is 5.68. The summed E-state index contributed by atoms with van der Waals surface area (Å²) in [6.45, 7) is 2.48. The van der Waals surface area contributed by atoms with Gasteiger partial charge in [0.05, 0.1) is 13.2 Å². The normalized spacial score (nSPS) is 10.4. The standard InChI is InChI=1S/C12H25NO3/c1-2-3-4-5-6-7-8-9-12(15)16-13-10-11-14/h13-14H,2-11H2,1H3. The Kier molecular flexibility index (Phi) is 12.0. The Balaban J connectivity index is 3.09. The molecule has 16 heavy (non-hydrogen) atoms. The first-order chi connectivity index (χ1) is 7.81. The Bertz CT molecular complexity index is 162. The summed E-state index contributed by atoms with van der Waals surface area (Å²) in [5.41, 5.74) is 2.40. The lowest BCUT2D eigenvalue weighted by atomic mass is 10.1. The smallest absolute Gasteiger partial charge is 0.324 e. The van der Waals surface area contributed by atoms with Crippen molar-refractivity contribution in [1.29, 1.82) is 0 Å². The lowest BCUT2D eigenvalue weighted by Crippen LogP contribution is -2.22. The Morgan fingerprint density at radius 2 is 1.75 bits per heavy atom. The topological polar surface area (TPSA) is 58.6 Å². The van der Waals surface area contributed by atoms with Crippen molar-refractivity contribution in [2.75, 3.05) is 13.2 Å². The number of aliphatic hydroxyl groups excluding tert-OH is 1. The second-order valence-corrected chi connectivity index (χ2v) is 3.96. The fourth-order valence-electron chi connectivity index (χ4n) is 1.45. The predicted molar refractivity (Wildman–Crippen MR) is 63.8 cm³/mol. The maximum Gasteiger partial charge on any atom is 0.324 e. The van der Waals surface area contributed by atoms with Crippen molar-refractivity contribution in [3.63, 3.8) is 0 Å². The van der Waals surface area contributed by atoms with Crippen molar-refractivity contribution >= 4 is 5.97 Å². The van der Waals surface area contributed by atoms with E-state index in [-0.39, 0.29) is 12.6 Å². The van der Waals surface area contributed by atoms with Gasteiger partial charge in [-0.2, -0.15) is 5.48 Å². The minimum Gasteiger partial charge on any atom is -0.395 e. The molecule has 2 N–H and O–H groups in total. The van der Waals surface area contributed by atoms with Crippen LogP contribution >= 0.6 is 0 Å². The number of unbranched alkanes of at least 4 members (excludes halogenated alkanes) is 6. The maximum atomic E-state index is 11.1. The van der Waals surface area contributed by atoms with Gasteiger partial charge in [0.25, 0.3) is 0 Å². The molecule has 0 aliphatic heterocycles. The highest BCUT2D eigenvalue weighted by atomic mass is 16.7. The summed E-state index contributed by atoms with van der Waals surface area (Å²) in [6.07, 6.45) is 8.81. The van der Waals surface area contributed by atoms with Crippen LogP contribution in [0.25, 0.3) is 0 Å². The molecule has 96 valence electrons. The van der Waals surface area contributed by atoms with Gasteiger partial charge in [-0.3, -0.25) is 4.79 Å². The first kappa shape index (κ1) is 15.4. The molecule has 0 spiro atoms. The van der Waals surface area contributed by atoms with Crippen LogP contribution in [0.15, 0.2) is 0 Å². The number of carbonyl (C=O) groups is 1. The van der Waals surface area contributed by atoms with Crippen molar-refractivity contribution in [3.8, 4) is 0 Å². The molecule has 0 fully saturated rings. The third kappa shape index (κ3) is 11.5. The Morgan fingerprint density at radius 3 is 2.38 bits per heavy atom. The van der Waals surface area contributed by atoms with E-state index >= 15 is 0 Å². The monoisotopic (exact) mass is 231 g/mol. The van der Waals surface area contributed by atoms with Gasteiger partial charge in [-0.15, -0.1) is 0 Å². The third-order valence-electron chi connectivity index (χ3n) is 2.38. The van der Waals surface area contributed by atoms with Crippen LogP contribution in [0.4, 0.5) is 0 Å². The number of rotatable bonds is 11. The second-order valence-electron chi connectivity index (χ2n) is 3.96. The van der Waals surface area contributed by atoms with E-state index in [0.29, 0.717) is 13.0 Å². The number of hydroxylamine groups is 1. The van der Waals surface area contributed by atoms with Gasteiger partial charge in [-0.1, -0.05) is 45.4 Å². The molecule has 0 amide bonds. The first-order valence-electron chi connectivity index (χ1n) is 6.34. The Morgan fingerprint density at radius 1 is 1.12 bits per heavy atom. The Hall–Kier alpha value is -0.610. The lowest BCUT2D eigenvalue weighted by molar-refractivity contribution is -0.151. The van der Waals surface area contributed by atoms with E-state index in [1.807, 2.05) is 0 Å². The molecule has 0 saturated heterocycles. The molecule has 0 heterocycles. The highest BCUT2D eigenvalue weighted by Gasteiger charge is 2.01. The lowest BCUT2D eigenvalue weighted by Gasteiger charge is -2.04. The first-order valence-corrected chi connectivity index (χ1v) is 6.34. The fourth-order valence-corrected chi connectivity index (χ4v) is 1.45. The van der Waals surface area contributed by atoms with E-state index in [0.717, 1.165) is 12.8 Å². The zero-order valence-corrected chi connectivity index (χ0v) is 10.3. The van der Waals surface area contributed by atoms with Crippen molar-refractivity contribution in [1.82, 2.24) is 5.48 Å². The van der Waals surface area contributed by atoms with Crippen molar-refractivity contribution in [2.45, 2.75) is 58.3 Å². The molecule has 4 nitrogen and oxygen atoms in total. The second kappa shape index (κ2) is 12.5. The largest absolute Gasteiger partial charge is 0.395 e. The number of aliphatic hydroxyl groups is 1. The van der Waals surface area contributed by atoms with E-state index in [9.17, 15) is 4.79 Å². The van der Waals surface area contributed by atoms with Crippen LogP contribution in [-0.4, -0.2) is 24.2 Å². The van der Waals surface area contributed by atoms with Crippen molar-refractivity contribution in [2.24, 2.45) is 0 Å². The third-order valence-corrected chi connectivity index (χ3v) is 2.38. The minimum atomic E-state index is -0.234. The van der Waals surface area contributed by atoms with E-state index < -0.39 is 0 Å². The molecule has 0 atom stereocenters. The molecule has 0 bridgehead atoms. The molecule has 0 saturated carbocycles. The molecular weight excluding hydrogens is 206 g/mol. The molecule has 0 aromatic heterocycles. The van der Waals surface area contributed by atoms with Crippen LogP contribution in [0.3, 0.4) is 0 Å². The van der Waals surface area contributed by atoms with Crippen LogP contribution in [0.5, 0.6) is 0 Å². The molecule has 0 radical (unpaired) electrons. The van der Waals surface area contributed by atoms with Gasteiger partial charge in [-0.25, -0.2) is 0 Å². The summed E-state index contributed by atoms with van der Waals surface area (Å²) in [7, 11) is 0. The summed E-state index contributed by atoms with van der Waals surface area (Å²) in [5.74, 6) is -0.234. The summed E-state index contributed by atoms with van der Waals surface area (Å²) in [6, 6.07) is 0. The molecule has 0 rings (SSSR count). The average Bonchev–Trinajstić information content (AvgIpc) is 2.28. The van der Waals surface area contributed by atoms with Gasteiger partial charge < -0.3 is 9.94 Å². The summed E-state index contributed by atoms with van der Waals surface area (Å²) in [4.78, 5) is 15.8. The van der Waals surface area contributed by atoms with Gasteiger partial charge in [0.1, 0.15) is 0 Å². The molecule has 0 aromatic carbocycles. The Labute approximate surface area is 98.3 Å². The minimum absolute atomic E-state index is 0.0231. The van der Waals surface area contributed by atoms with Gasteiger partial charge in [0, 0.05) is 6.42 Å². The van der Waals surface area contributed by atoms with E-state index in [1.165, 1.54) is 32.1 Å². The molecule has 0 aliphatic rings. The zero-order chi connectivity index (χ0) is 12.1. The van der Waals surface area contributed by atoms with Crippen LogP contribution in [0.1, 0.15) is 58.3 Å². The number of carbonyl (C=O) groups excluding carboxylic acids is 1. The number of hydrogen-bond donors (Lipinski definition) is 2. The average molecular weight is 231 g/mol. The maximum absolute atomic E-state index is 11.1. The molecule has 4 heteroatoms. The number of hydrogen-bond acceptors (Lipinski definition) is 4. The summed E-state index contributed by atoms with van der Waals surface area (Å²) in [5, 5.41) is 8.44. The van der Waals surface area contributed by atoms with E-state index in [1.54, 1.807) is 0 Å². The predicted octanol–water partition coefficient (Wildman–Crippen LogP) is 2.17. The van der Waals surface area contributed by atoms with Crippen LogP contribution in [-0.2, 0) is 9.63 Å². The van der Waals surface area contributed by atoms with Gasteiger partial charge in [0.2, 0.25) is 0 Å². The van der Waals surface area contributed by atoms with Crippen LogP contribution < -0.4 is 5.48 Å². The molecule has 0 unspecified atom stereocenters. The van der Waals surface area contributed by atoms with E-state index in [4.69, 9.17) is 5.11 Å². The van der Waals surface area contributed by atoms with E-state index in [2.05, 4.69) is 17.2 Å². The molecular formula is C12H25NO3. The van der Waals surface area contributed by atoms with Crippen LogP contribution in [0, 0.1) is 0 Å². The molecule has 0 aromatic rings. The summed E-state index contributed by atoms with van der Waals surface area (Å²) >= 11 is 0. The highest BCUT2D eigenvalue weighted by Crippen LogP contribution is 2.08. The van der Waals surface area contributed by atoms with Gasteiger partial charge in [-0.05, 0) is 6.42 Å². The van der Waals surface area contributed by atoms with Crippen molar-refractivity contribution < 1.29 is 14.7 Å². The van der Waals surface area contributed by atoms with Gasteiger partial charge >= 0.3 is 5.97 Å². The quantitative estimate of drug-likeness (QED) is 0.422. The SMILES string of the molecule is CCCCCCCCCC(=O)ONCCO. The van der Waals surface area contributed by atoms with Crippen molar-refractivity contribution in [3.05, 3.63) is 0 Å². The van der Waals surface area contributed by atoms with Crippen LogP contribution in [0.2, 0.25) is 0 Å². The summed E-state index contributed by atoms with van der Waals surface area (Å²) < 4.78 is 0. The fraction of sp³-hybridized carbons (Fsp3) is 0.917. The molecule has 0 aliphatic carbocycles. The zero-order valence-electron chi connectivity index (χ0n) is 10.3. The number of nitrogens with one attached hydrogen (secondary N) is 1. The van der Waals surface area contributed by atoms with Gasteiger partial charge in [0.15, 0.2) is 0 Å².